The van der Waals surface area contributed by atoms with Gasteiger partial charge in [-0.05, 0) is 19.1 Å². The summed E-state index contributed by atoms with van der Waals surface area (Å²) >= 11 is 2.94. The summed E-state index contributed by atoms with van der Waals surface area (Å²) in [5.41, 5.74) is 1.12. The first-order valence-corrected chi connectivity index (χ1v) is 10.9. The summed E-state index contributed by atoms with van der Waals surface area (Å²) in [6.45, 7) is 2.31. The maximum Gasteiger partial charge on any atom is 0.328 e. The highest BCUT2D eigenvalue weighted by molar-refractivity contribution is 8.17. The van der Waals surface area contributed by atoms with Crippen LogP contribution in [0.4, 0.5) is 0 Å². The molecule has 1 aromatic heterocycles. The van der Waals surface area contributed by atoms with Crippen LogP contribution >= 0.6 is 23.5 Å². The Hall–Kier alpha value is -2.03. The van der Waals surface area contributed by atoms with Gasteiger partial charge in [0.05, 0.1) is 22.0 Å². The van der Waals surface area contributed by atoms with Crippen molar-refractivity contribution in [3.8, 4) is 0 Å². The third kappa shape index (κ3) is 3.52. The van der Waals surface area contributed by atoms with Gasteiger partial charge in [0.15, 0.2) is 25.0 Å². The van der Waals surface area contributed by atoms with Gasteiger partial charge < -0.3 is 15.1 Å². The number of nitrogens with zero attached hydrogens (tertiary/aromatic N) is 2. The average Bonchev–Trinajstić information content (AvgIpc) is 2.97. The molecule has 0 spiro atoms. The van der Waals surface area contributed by atoms with Gasteiger partial charge in [-0.25, -0.2) is 9.36 Å². The molecule has 2 aliphatic heterocycles. The minimum atomic E-state index is -0.999. The van der Waals surface area contributed by atoms with Gasteiger partial charge in [0.25, 0.3) is 0 Å². The van der Waals surface area contributed by atoms with E-state index in [0.29, 0.717) is 0 Å². The van der Waals surface area contributed by atoms with Crippen molar-refractivity contribution >= 4 is 35.4 Å². The number of aliphatic hydroxyl groups excluding tert-OH is 1. The van der Waals surface area contributed by atoms with Crippen molar-refractivity contribution in [2.75, 3.05) is 0 Å². The van der Waals surface area contributed by atoms with Crippen LogP contribution in [-0.4, -0.2) is 49.1 Å². The monoisotopic (exact) mass is 417 g/mol. The van der Waals surface area contributed by atoms with Crippen molar-refractivity contribution in [2.24, 2.45) is 5.92 Å². The molecule has 0 saturated carbocycles. The molecule has 0 aliphatic carbocycles. The maximum absolute atomic E-state index is 12.3. The van der Waals surface area contributed by atoms with Crippen LogP contribution in [0.15, 0.2) is 59.8 Å². The van der Waals surface area contributed by atoms with Gasteiger partial charge in [-0.1, -0.05) is 18.2 Å². The number of aromatic nitrogens is 1. The van der Waals surface area contributed by atoms with E-state index in [1.807, 2.05) is 48.8 Å². The topological polar surface area (TPSA) is 81.7 Å². The van der Waals surface area contributed by atoms with E-state index in [1.165, 1.54) is 28.4 Å². The molecule has 8 heteroatoms. The molecule has 4 rings (SSSR count). The highest BCUT2D eigenvalue weighted by Gasteiger charge is 2.62. The lowest BCUT2D eigenvalue weighted by atomic mass is 9.91. The zero-order valence-corrected chi connectivity index (χ0v) is 16.8. The largest absolute Gasteiger partial charge is 0.480 e. The van der Waals surface area contributed by atoms with Crippen molar-refractivity contribution in [3.05, 3.63) is 60.4 Å². The summed E-state index contributed by atoms with van der Waals surface area (Å²) in [5.74, 6) is -1.78. The van der Waals surface area contributed by atoms with Gasteiger partial charge in [-0.3, -0.25) is 4.79 Å². The highest BCUT2D eigenvalue weighted by Crippen LogP contribution is 2.53. The lowest BCUT2D eigenvalue weighted by Crippen LogP contribution is -2.64. The van der Waals surface area contributed by atoms with Gasteiger partial charge in [-0.15, -0.1) is 23.5 Å². The number of pyridine rings is 1. The lowest BCUT2D eigenvalue weighted by molar-refractivity contribution is -0.688. The second-order valence-electron chi connectivity index (χ2n) is 7.00. The number of hydrogen-bond acceptors (Lipinski definition) is 5. The third-order valence-electron chi connectivity index (χ3n) is 5.02. The van der Waals surface area contributed by atoms with E-state index in [4.69, 9.17) is 0 Å². The smallest absolute Gasteiger partial charge is 0.328 e. The Morgan fingerprint density at radius 1 is 1.29 bits per heavy atom. The number of benzene rings is 1. The Morgan fingerprint density at radius 3 is 2.71 bits per heavy atom. The molecule has 2 aliphatic rings. The van der Waals surface area contributed by atoms with E-state index in [-0.39, 0.29) is 15.9 Å². The zero-order chi connectivity index (χ0) is 19.8. The van der Waals surface area contributed by atoms with Crippen molar-refractivity contribution < 1.29 is 24.4 Å². The minimum Gasteiger partial charge on any atom is -0.480 e. The zero-order valence-electron chi connectivity index (χ0n) is 15.2. The van der Waals surface area contributed by atoms with Crippen LogP contribution in [0.3, 0.4) is 0 Å². The van der Waals surface area contributed by atoms with Crippen molar-refractivity contribution in [1.82, 2.24) is 4.90 Å². The fourth-order valence-corrected chi connectivity index (χ4v) is 7.14. The molecule has 3 heterocycles. The molecule has 2 aromatic rings. The number of rotatable bonds is 6. The van der Waals surface area contributed by atoms with E-state index in [2.05, 4.69) is 10.6 Å². The predicted molar refractivity (Wildman–Crippen MR) is 107 cm³/mol. The summed E-state index contributed by atoms with van der Waals surface area (Å²) in [5, 5.41) is 19.3. The number of aliphatic hydroxyl groups is 1. The van der Waals surface area contributed by atoms with Crippen LogP contribution in [-0.2, 0) is 16.1 Å². The van der Waals surface area contributed by atoms with E-state index in [1.54, 1.807) is 6.92 Å². The van der Waals surface area contributed by atoms with Crippen molar-refractivity contribution in [1.29, 1.82) is 0 Å². The number of fused-ring (bicyclic) bond motifs is 1. The summed E-state index contributed by atoms with van der Waals surface area (Å²) in [7, 11) is 0. The summed E-state index contributed by atoms with van der Waals surface area (Å²) in [4.78, 5) is 26.6. The summed E-state index contributed by atoms with van der Waals surface area (Å²) in [6.07, 6.45) is 3.23. The first-order chi connectivity index (χ1) is 13.5. The van der Waals surface area contributed by atoms with E-state index in [9.17, 15) is 19.8 Å². The molecule has 2 fully saturated rings. The molecular formula is C20H21N2O4S2+. The molecule has 146 valence electrons. The number of carbonyl (C=O) groups excluding carboxylic acids is 1. The number of carbonyl (C=O) groups is 2. The molecule has 2 N–H and O–H groups in total. The molecule has 2 saturated heterocycles. The molecule has 0 radical (unpaired) electrons. The lowest BCUT2D eigenvalue weighted by Gasteiger charge is -2.44. The van der Waals surface area contributed by atoms with Gasteiger partial charge in [0, 0.05) is 22.6 Å². The SMILES string of the molecule is C[C@@H](O)[C@H]1C(=O)N2C(C(=O)O)C(Sc3cccc(C[n+]4ccccc4)c3)S[C@H]12. The number of aliphatic carboxylic acids is 1. The van der Waals surface area contributed by atoms with E-state index >= 15 is 0 Å². The molecular weight excluding hydrogens is 396 g/mol. The van der Waals surface area contributed by atoms with Crippen molar-refractivity contribution in [2.45, 2.75) is 40.5 Å². The Balaban J connectivity index is 1.51. The molecule has 1 amide bonds. The maximum atomic E-state index is 12.3. The molecule has 1 aromatic carbocycles. The Bertz CT molecular complexity index is 893. The number of amides is 1. The number of thioether (sulfide) groups is 2. The van der Waals surface area contributed by atoms with Crippen LogP contribution in [0.1, 0.15) is 12.5 Å². The van der Waals surface area contributed by atoms with Gasteiger partial charge in [-0.2, -0.15) is 0 Å². The Kier molecular flexibility index (Phi) is 5.35. The van der Waals surface area contributed by atoms with Gasteiger partial charge in [0.1, 0.15) is 0 Å². The van der Waals surface area contributed by atoms with Crippen LogP contribution < -0.4 is 4.57 Å². The second kappa shape index (κ2) is 7.77. The van der Waals surface area contributed by atoms with E-state index < -0.39 is 24.0 Å². The predicted octanol–water partition coefficient (Wildman–Crippen LogP) is 1.81. The number of carboxylic acid groups (broad SMARTS) is 1. The quantitative estimate of drug-likeness (QED) is 0.551. The van der Waals surface area contributed by atoms with Crippen LogP contribution in [0, 0.1) is 5.92 Å². The third-order valence-corrected chi connectivity index (χ3v) is 7.98. The average molecular weight is 418 g/mol. The molecule has 6 nitrogen and oxygen atoms in total. The standard InChI is InChI=1S/C20H20N2O4S2/c1-12(23)15-17(24)22-16(19(25)26)20(28-18(15)22)27-14-7-5-6-13(10-14)11-21-8-3-2-4-9-21/h2-10,12,15-16,18,20,23H,11H2,1H3/p+1/t12-,15+,16?,18-,20?/m1/s1. The summed E-state index contributed by atoms with van der Waals surface area (Å²) in [6, 6.07) is 13.1. The fraction of sp³-hybridized carbons (Fsp3) is 0.350. The Labute approximate surface area is 171 Å². The van der Waals surface area contributed by atoms with Crippen molar-refractivity contribution in [3.63, 3.8) is 0 Å². The van der Waals surface area contributed by atoms with E-state index in [0.717, 1.165) is 17.0 Å². The Morgan fingerprint density at radius 2 is 2.04 bits per heavy atom. The van der Waals surface area contributed by atoms with Gasteiger partial charge in [0.2, 0.25) is 5.91 Å². The molecule has 0 bridgehead atoms. The second-order valence-corrected chi connectivity index (χ2v) is 9.78. The molecule has 5 atom stereocenters. The number of β-lactam (4-membered cyclic amide) rings is 1. The minimum absolute atomic E-state index is 0.266. The molecule has 2 unspecified atom stereocenters. The normalized spacial score (nSPS) is 27.2. The first-order valence-electron chi connectivity index (χ1n) is 9.04. The number of carboxylic acids is 1. The highest BCUT2D eigenvalue weighted by atomic mass is 32.2. The van der Waals surface area contributed by atoms with Crippen LogP contribution in [0.25, 0.3) is 0 Å². The molecule has 28 heavy (non-hydrogen) atoms. The first kappa shape index (κ1) is 19.3. The summed E-state index contributed by atoms with van der Waals surface area (Å²) < 4.78 is 1.77. The van der Waals surface area contributed by atoms with Crippen LogP contribution in [0.2, 0.25) is 0 Å². The van der Waals surface area contributed by atoms with Gasteiger partial charge >= 0.3 is 5.97 Å². The van der Waals surface area contributed by atoms with Crippen LogP contribution in [0.5, 0.6) is 0 Å². The fourth-order valence-electron chi connectivity index (χ4n) is 3.67. The number of hydrogen-bond donors (Lipinski definition) is 2.